The van der Waals surface area contributed by atoms with Crippen LogP contribution in [0.2, 0.25) is 0 Å². The standard InChI is InChI=1S/C13H28N2O3/c1-4-17-12(10-14)9-13(16)15-7-5-6-8-18-11(2)3/h11-12H,4-10,14H2,1-3H3,(H,15,16). The van der Waals surface area contributed by atoms with E-state index in [1.807, 2.05) is 20.8 Å². The highest BCUT2D eigenvalue weighted by Crippen LogP contribution is 1.97. The molecule has 0 spiro atoms. The zero-order valence-electron chi connectivity index (χ0n) is 11.9. The zero-order valence-corrected chi connectivity index (χ0v) is 11.9. The molecule has 0 saturated heterocycles. The van der Waals surface area contributed by atoms with E-state index in [9.17, 15) is 4.79 Å². The van der Waals surface area contributed by atoms with Gasteiger partial charge in [0.15, 0.2) is 0 Å². The monoisotopic (exact) mass is 260 g/mol. The minimum absolute atomic E-state index is 0.00341. The Balaban J connectivity index is 3.46. The maximum atomic E-state index is 11.6. The summed E-state index contributed by atoms with van der Waals surface area (Å²) in [7, 11) is 0. The Hall–Kier alpha value is -0.650. The van der Waals surface area contributed by atoms with E-state index in [0.29, 0.717) is 26.1 Å². The molecule has 18 heavy (non-hydrogen) atoms. The van der Waals surface area contributed by atoms with E-state index in [4.69, 9.17) is 15.2 Å². The van der Waals surface area contributed by atoms with Gasteiger partial charge in [-0.2, -0.15) is 0 Å². The second kappa shape index (κ2) is 11.4. The van der Waals surface area contributed by atoms with Gasteiger partial charge in [-0.05, 0) is 33.6 Å². The number of hydrogen-bond acceptors (Lipinski definition) is 4. The number of nitrogens with two attached hydrogens (primary N) is 1. The second-order valence-corrected chi connectivity index (χ2v) is 4.49. The lowest BCUT2D eigenvalue weighted by molar-refractivity contribution is -0.123. The van der Waals surface area contributed by atoms with Crippen LogP contribution >= 0.6 is 0 Å². The van der Waals surface area contributed by atoms with Gasteiger partial charge in [0.05, 0.1) is 18.6 Å². The number of carbonyl (C=O) groups is 1. The fourth-order valence-electron chi connectivity index (χ4n) is 1.50. The topological polar surface area (TPSA) is 73.6 Å². The first-order valence-electron chi connectivity index (χ1n) is 6.80. The molecule has 0 aliphatic heterocycles. The second-order valence-electron chi connectivity index (χ2n) is 4.49. The first-order chi connectivity index (χ1) is 8.60. The lowest BCUT2D eigenvalue weighted by Crippen LogP contribution is -2.33. The Morgan fingerprint density at radius 1 is 1.28 bits per heavy atom. The normalized spacial score (nSPS) is 12.7. The van der Waals surface area contributed by atoms with Gasteiger partial charge >= 0.3 is 0 Å². The largest absolute Gasteiger partial charge is 0.379 e. The summed E-state index contributed by atoms with van der Waals surface area (Å²) in [4.78, 5) is 11.6. The van der Waals surface area contributed by atoms with Gasteiger partial charge in [0.1, 0.15) is 0 Å². The summed E-state index contributed by atoms with van der Waals surface area (Å²) < 4.78 is 10.7. The van der Waals surface area contributed by atoms with E-state index < -0.39 is 0 Å². The SMILES string of the molecule is CCOC(CN)CC(=O)NCCCCOC(C)C. The molecule has 0 fully saturated rings. The fraction of sp³-hybridized carbons (Fsp3) is 0.923. The summed E-state index contributed by atoms with van der Waals surface area (Å²) in [6, 6.07) is 0. The van der Waals surface area contributed by atoms with Crippen LogP contribution in [0.3, 0.4) is 0 Å². The van der Waals surface area contributed by atoms with Gasteiger partial charge in [0, 0.05) is 26.3 Å². The third kappa shape index (κ3) is 10.5. The van der Waals surface area contributed by atoms with E-state index in [1.54, 1.807) is 0 Å². The molecule has 0 aromatic rings. The molecule has 3 N–H and O–H groups in total. The van der Waals surface area contributed by atoms with Crippen LogP contribution in [0.25, 0.3) is 0 Å². The molecule has 0 radical (unpaired) electrons. The Morgan fingerprint density at radius 2 is 2.00 bits per heavy atom. The van der Waals surface area contributed by atoms with Crippen molar-refractivity contribution in [3.63, 3.8) is 0 Å². The summed E-state index contributed by atoms with van der Waals surface area (Å²) in [5.41, 5.74) is 5.51. The Labute approximate surface area is 110 Å². The van der Waals surface area contributed by atoms with Crippen LogP contribution in [0.5, 0.6) is 0 Å². The number of nitrogens with one attached hydrogen (secondary N) is 1. The Kier molecular flexibility index (Phi) is 11.0. The van der Waals surface area contributed by atoms with E-state index in [0.717, 1.165) is 19.4 Å². The van der Waals surface area contributed by atoms with Crippen molar-refractivity contribution in [2.75, 3.05) is 26.3 Å². The summed E-state index contributed by atoms with van der Waals surface area (Å²) in [5.74, 6) is 0.00341. The number of rotatable bonds is 11. The number of carbonyl (C=O) groups excluding carboxylic acids is 1. The number of amides is 1. The Morgan fingerprint density at radius 3 is 2.56 bits per heavy atom. The fourth-order valence-corrected chi connectivity index (χ4v) is 1.50. The predicted molar refractivity (Wildman–Crippen MR) is 72.4 cm³/mol. The van der Waals surface area contributed by atoms with Crippen LogP contribution in [0.4, 0.5) is 0 Å². The molecular formula is C13H28N2O3. The number of hydrogen-bond donors (Lipinski definition) is 2. The summed E-state index contributed by atoms with van der Waals surface area (Å²) in [5, 5.41) is 2.86. The summed E-state index contributed by atoms with van der Waals surface area (Å²) in [6.07, 6.45) is 2.34. The highest BCUT2D eigenvalue weighted by Gasteiger charge is 2.11. The van der Waals surface area contributed by atoms with Gasteiger partial charge in [0.25, 0.3) is 0 Å². The molecule has 0 aliphatic carbocycles. The van der Waals surface area contributed by atoms with Crippen LogP contribution in [-0.4, -0.2) is 44.4 Å². The molecule has 1 atom stereocenters. The van der Waals surface area contributed by atoms with Crippen molar-refractivity contribution in [1.82, 2.24) is 5.32 Å². The van der Waals surface area contributed by atoms with Crippen LogP contribution in [0.1, 0.15) is 40.0 Å². The van der Waals surface area contributed by atoms with Crippen LogP contribution in [-0.2, 0) is 14.3 Å². The molecule has 0 aliphatic rings. The highest BCUT2D eigenvalue weighted by molar-refractivity contribution is 5.76. The molecule has 1 amide bonds. The van der Waals surface area contributed by atoms with Crippen molar-refractivity contribution in [1.29, 1.82) is 0 Å². The average molecular weight is 260 g/mol. The molecule has 0 rings (SSSR count). The van der Waals surface area contributed by atoms with E-state index in [-0.39, 0.29) is 18.1 Å². The van der Waals surface area contributed by atoms with Gasteiger partial charge in [-0.3, -0.25) is 4.79 Å². The molecule has 5 heteroatoms. The van der Waals surface area contributed by atoms with Crippen LogP contribution in [0, 0.1) is 0 Å². The van der Waals surface area contributed by atoms with Crippen molar-refractivity contribution in [2.24, 2.45) is 5.73 Å². The molecule has 0 bridgehead atoms. The van der Waals surface area contributed by atoms with E-state index >= 15 is 0 Å². The van der Waals surface area contributed by atoms with Crippen LogP contribution < -0.4 is 11.1 Å². The third-order valence-corrected chi connectivity index (χ3v) is 2.42. The molecule has 108 valence electrons. The van der Waals surface area contributed by atoms with Crippen LogP contribution in [0.15, 0.2) is 0 Å². The molecule has 0 saturated carbocycles. The van der Waals surface area contributed by atoms with Crippen molar-refractivity contribution in [3.05, 3.63) is 0 Å². The van der Waals surface area contributed by atoms with Crippen molar-refractivity contribution < 1.29 is 14.3 Å². The van der Waals surface area contributed by atoms with Gasteiger partial charge in [-0.1, -0.05) is 0 Å². The average Bonchev–Trinajstić information content (AvgIpc) is 2.32. The molecule has 0 heterocycles. The lowest BCUT2D eigenvalue weighted by Gasteiger charge is -2.14. The number of ether oxygens (including phenoxy) is 2. The molecule has 0 aromatic carbocycles. The zero-order chi connectivity index (χ0) is 13.8. The predicted octanol–water partition coefficient (Wildman–Crippen LogP) is 1.06. The molecule has 5 nitrogen and oxygen atoms in total. The quantitative estimate of drug-likeness (QED) is 0.545. The first-order valence-corrected chi connectivity index (χ1v) is 6.80. The van der Waals surface area contributed by atoms with Gasteiger partial charge in [0.2, 0.25) is 5.91 Å². The molecular weight excluding hydrogens is 232 g/mol. The minimum Gasteiger partial charge on any atom is -0.379 e. The number of unbranched alkanes of at least 4 members (excludes halogenated alkanes) is 1. The van der Waals surface area contributed by atoms with E-state index in [1.165, 1.54) is 0 Å². The maximum absolute atomic E-state index is 11.6. The van der Waals surface area contributed by atoms with Crippen molar-refractivity contribution >= 4 is 5.91 Å². The van der Waals surface area contributed by atoms with Gasteiger partial charge in [-0.15, -0.1) is 0 Å². The van der Waals surface area contributed by atoms with E-state index in [2.05, 4.69) is 5.32 Å². The van der Waals surface area contributed by atoms with Crippen molar-refractivity contribution in [2.45, 2.75) is 52.2 Å². The summed E-state index contributed by atoms with van der Waals surface area (Å²) in [6.45, 7) is 8.33. The molecule has 0 aromatic heterocycles. The smallest absolute Gasteiger partial charge is 0.222 e. The minimum atomic E-state index is -0.167. The van der Waals surface area contributed by atoms with Gasteiger partial charge in [-0.25, -0.2) is 0 Å². The lowest BCUT2D eigenvalue weighted by atomic mass is 10.2. The maximum Gasteiger partial charge on any atom is 0.222 e. The highest BCUT2D eigenvalue weighted by atomic mass is 16.5. The molecule has 1 unspecified atom stereocenters. The Bertz CT molecular complexity index is 210. The third-order valence-electron chi connectivity index (χ3n) is 2.42. The first kappa shape index (κ1) is 17.4. The van der Waals surface area contributed by atoms with Gasteiger partial charge < -0.3 is 20.5 Å². The summed E-state index contributed by atoms with van der Waals surface area (Å²) >= 11 is 0. The van der Waals surface area contributed by atoms with Crippen molar-refractivity contribution in [3.8, 4) is 0 Å².